The van der Waals surface area contributed by atoms with Crippen molar-refractivity contribution in [1.29, 1.82) is 0 Å². The first-order valence-electron chi connectivity index (χ1n) is 8.27. The number of thiophene rings is 1. The van der Waals surface area contributed by atoms with Crippen molar-refractivity contribution in [1.82, 2.24) is 9.97 Å². The Labute approximate surface area is 140 Å². The highest BCUT2D eigenvalue weighted by Crippen LogP contribution is 2.31. The lowest BCUT2D eigenvalue weighted by Crippen LogP contribution is -2.37. The predicted octanol–water partition coefficient (Wildman–Crippen LogP) is 2.13. The molecule has 0 saturated carbocycles. The van der Waals surface area contributed by atoms with Crippen LogP contribution in [0, 0.1) is 0 Å². The Balaban J connectivity index is 1.90. The zero-order valence-corrected chi connectivity index (χ0v) is 14.4. The molecule has 23 heavy (non-hydrogen) atoms. The molecule has 0 unspecified atom stereocenters. The van der Waals surface area contributed by atoms with Crippen molar-refractivity contribution >= 4 is 33.3 Å². The van der Waals surface area contributed by atoms with Crippen LogP contribution >= 0.6 is 11.3 Å². The number of aromatic nitrogens is 2. The molecule has 3 heterocycles. The molecule has 2 aromatic heterocycles. The number of aliphatic hydroxyl groups is 1. The van der Waals surface area contributed by atoms with E-state index in [0.29, 0.717) is 0 Å². The summed E-state index contributed by atoms with van der Waals surface area (Å²) in [5.41, 5.74) is 1.02. The van der Waals surface area contributed by atoms with Gasteiger partial charge in [-0.2, -0.15) is 4.98 Å². The van der Waals surface area contributed by atoms with Crippen LogP contribution in [0.5, 0.6) is 0 Å². The van der Waals surface area contributed by atoms with E-state index in [2.05, 4.69) is 28.2 Å². The molecule has 1 saturated heterocycles. The summed E-state index contributed by atoms with van der Waals surface area (Å²) < 4.78 is 6.62. The van der Waals surface area contributed by atoms with Gasteiger partial charge in [-0.15, -0.1) is 11.3 Å². The molecule has 1 fully saturated rings. The maximum absolute atomic E-state index is 8.98. The molecule has 6 nitrogen and oxygen atoms in total. The van der Waals surface area contributed by atoms with Gasteiger partial charge in [-0.1, -0.05) is 0 Å². The van der Waals surface area contributed by atoms with Crippen LogP contribution in [-0.2, 0) is 4.74 Å². The van der Waals surface area contributed by atoms with Crippen LogP contribution in [-0.4, -0.2) is 61.1 Å². The second-order valence-electron chi connectivity index (χ2n) is 5.59. The van der Waals surface area contributed by atoms with Gasteiger partial charge in [0.05, 0.1) is 23.4 Å². The van der Waals surface area contributed by atoms with E-state index >= 15 is 0 Å². The molecule has 1 aliphatic rings. The van der Waals surface area contributed by atoms with Gasteiger partial charge >= 0.3 is 0 Å². The summed E-state index contributed by atoms with van der Waals surface area (Å²) in [7, 11) is 0. The molecule has 0 aromatic carbocycles. The zero-order chi connectivity index (χ0) is 16.1. The van der Waals surface area contributed by atoms with E-state index in [4.69, 9.17) is 19.8 Å². The topological polar surface area (TPSA) is 61.7 Å². The summed E-state index contributed by atoms with van der Waals surface area (Å²) in [6.07, 6.45) is 1.76. The van der Waals surface area contributed by atoms with Crippen molar-refractivity contribution in [2.45, 2.75) is 19.8 Å². The van der Waals surface area contributed by atoms with Gasteiger partial charge in [0.15, 0.2) is 5.82 Å². The van der Waals surface area contributed by atoms with E-state index in [9.17, 15) is 0 Å². The molecule has 0 amide bonds. The Morgan fingerprint density at radius 2 is 2.13 bits per heavy atom. The number of fused-ring (bicyclic) bond motifs is 1. The average Bonchev–Trinajstić information content (AvgIpc) is 3.07. The molecule has 0 bridgehead atoms. The molecule has 0 radical (unpaired) electrons. The molecule has 0 spiro atoms. The van der Waals surface area contributed by atoms with Gasteiger partial charge in [0.2, 0.25) is 5.95 Å². The van der Waals surface area contributed by atoms with Crippen molar-refractivity contribution in [2.24, 2.45) is 0 Å². The first-order valence-corrected chi connectivity index (χ1v) is 9.15. The third-order valence-electron chi connectivity index (χ3n) is 4.09. The van der Waals surface area contributed by atoms with Crippen LogP contribution in [0.1, 0.15) is 19.8 Å². The van der Waals surface area contributed by atoms with Crippen molar-refractivity contribution in [3.8, 4) is 0 Å². The van der Waals surface area contributed by atoms with E-state index in [1.807, 2.05) is 0 Å². The van der Waals surface area contributed by atoms with Crippen molar-refractivity contribution in [3.05, 3.63) is 11.4 Å². The quantitative estimate of drug-likeness (QED) is 0.782. The number of ether oxygens (including phenoxy) is 1. The highest BCUT2D eigenvalue weighted by atomic mass is 32.1. The minimum Gasteiger partial charge on any atom is -0.396 e. The summed E-state index contributed by atoms with van der Waals surface area (Å²) in [6, 6.07) is 2.07. The summed E-state index contributed by atoms with van der Waals surface area (Å²) in [5.74, 6) is 1.82. The lowest BCUT2D eigenvalue weighted by molar-refractivity contribution is 0.122. The van der Waals surface area contributed by atoms with Gasteiger partial charge in [0, 0.05) is 32.8 Å². The number of hydrogen-bond donors (Lipinski definition) is 1. The standard InChI is InChI=1S/C16H24N4O2S/c1-2-19(6-3-4-9-21)16-17-13-5-12-23-14(13)15(18-16)20-7-10-22-11-8-20/h5,12,21H,2-4,6-11H2,1H3. The molecule has 0 aliphatic carbocycles. The first-order chi connectivity index (χ1) is 11.3. The van der Waals surface area contributed by atoms with E-state index < -0.39 is 0 Å². The normalized spacial score (nSPS) is 15.3. The maximum atomic E-state index is 8.98. The largest absolute Gasteiger partial charge is 0.396 e. The smallest absolute Gasteiger partial charge is 0.227 e. The summed E-state index contributed by atoms with van der Waals surface area (Å²) in [6.45, 7) is 7.34. The number of morpholine rings is 1. The molecule has 7 heteroatoms. The van der Waals surface area contributed by atoms with Crippen LogP contribution in [0.25, 0.3) is 10.2 Å². The third-order valence-corrected chi connectivity index (χ3v) is 4.98. The number of hydrogen-bond acceptors (Lipinski definition) is 7. The van der Waals surface area contributed by atoms with E-state index in [-0.39, 0.29) is 6.61 Å². The predicted molar refractivity (Wildman–Crippen MR) is 94.7 cm³/mol. The van der Waals surface area contributed by atoms with Gasteiger partial charge in [-0.25, -0.2) is 4.98 Å². The number of aliphatic hydroxyl groups excluding tert-OH is 1. The summed E-state index contributed by atoms with van der Waals surface area (Å²) >= 11 is 1.70. The average molecular weight is 336 g/mol. The number of anilines is 2. The molecule has 0 atom stereocenters. The van der Waals surface area contributed by atoms with Crippen LogP contribution < -0.4 is 9.80 Å². The Morgan fingerprint density at radius 3 is 2.87 bits per heavy atom. The van der Waals surface area contributed by atoms with Crippen molar-refractivity contribution in [2.75, 3.05) is 55.8 Å². The molecule has 2 aromatic rings. The van der Waals surface area contributed by atoms with Crippen LogP contribution in [0.4, 0.5) is 11.8 Å². The van der Waals surface area contributed by atoms with E-state index in [1.54, 1.807) is 11.3 Å². The fourth-order valence-corrected chi connectivity index (χ4v) is 3.63. The van der Waals surface area contributed by atoms with Crippen LogP contribution in [0.3, 0.4) is 0 Å². The fourth-order valence-electron chi connectivity index (χ4n) is 2.78. The van der Waals surface area contributed by atoms with Gasteiger partial charge in [0.1, 0.15) is 0 Å². The highest BCUT2D eigenvalue weighted by molar-refractivity contribution is 7.17. The Kier molecular flexibility index (Phi) is 5.64. The van der Waals surface area contributed by atoms with Crippen molar-refractivity contribution < 1.29 is 9.84 Å². The lowest BCUT2D eigenvalue weighted by Gasteiger charge is -2.29. The Hall–Kier alpha value is -1.44. The molecule has 126 valence electrons. The zero-order valence-electron chi connectivity index (χ0n) is 13.6. The highest BCUT2D eigenvalue weighted by Gasteiger charge is 2.19. The maximum Gasteiger partial charge on any atom is 0.227 e. The van der Waals surface area contributed by atoms with Crippen LogP contribution in [0.2, 0.25) is 0 Å². The SMILES string of the molecule is CCN(CCCCO)c1nc(N2CCOCC2)c2sccc2n1. The molecule has 1 aliphatic heterocycles. The second kappa shape index (κ2) is 7.90. The number of rotatable bonds is 7. The minimum absolute atomic E-state index is 0.237. The lowest BCUT2D eigenvalue weighted by atomic mass is 10.3. The number of unbranched alkanes of at least 4 members (excludes halogenated alkanes) is 1. The van der Waals surface area contributed by atoms with Crippen molar-refractivity contribution in [3.63, 3.8) is 0 Å². The van der Waals surface area contributed by atoms with Gasteiger partial charge in [-0.3, -0.25) is 0 Å². The first kappa shape index (κ1) is 16.4. The Morgan fingerprint density at radius 1 is 1.30 bits per heavy atom. The third kappa shape index (κ3) is 3.73. The molecule has 3 rings (SSSR count). The van der Waals surface area contributed by atoms with Gasteiger partial charge in [0.25, 0.3) is 0 Å². The Bertz CT molecular complexity index is 628. The molecular formula is C16H24N4O2S. The minimum atomic E-state index is 0.237. The summed E-state index contributed by atoms with van der Waals surface area (Å²) in [5, 5.41) is 11.1. The van der Waals surface area contributed by atoms with E-state index in [1.165, 1.54) is 0 Å². The number of nitrogens with zero attached hydrogens (tertiary/aromatic N) is 4. The van der Waals surface area contributed by atoms with E-state index in [0.717, 1.165) is 74.2 Å². The molecule has 1 N–H and O–H groups in total. The molecular weight excluding hydrogens is 312 g/mol. The monoisotopic (exact) mass is 336 g/mol. The van der Waals surface area contributed by atoms with Gasteiger partial charge < -0.3 is 19.6 Å². The van der Waals surface area contributed by atoms with Gasteiger partial charge in [-0.05, 0) is 31.2 Å². The van der Waals surface area contributed by atoms with Crippen LogP contribution in [0.15, 0.2) is 11.4 Å². The second-order valence-corrected chi connectivity index (χ2v) is 6.51. The fraction of sp³-hybridized carbons (Fsp3) is 0.625. The summed E-state index contributed by atoms with van der Waals surface area (Å²) in [4.78, 5) is 14.1.